The van der Waals surface area contributed by atoms with Crippen LogP contribution in [0.2, 0.25) is 10.0 Å². The number of anilines is 4. The van der Waals surface area contributed by atoms with Gasteiger partial charge < -0.3 is 24.8 Å². The van der Waals surface area contributed by atoms with Gasteiger partial charge in [-0.15, -0.1) is 10.2 Å². The molecule has 0 spiro atoms. The van der Waals surface area contributed by atoms with E-state index in [1.807, 2.05) is 36.4 Å². The number of rotatable bonds is 17. The molecule has 0 aliphatic rings. The topological polar surface area (TPSA) is 234 Å². The third-order valence-corrected chi connectivity index (χ3v) is 12.0. The fourth-order valence-electron chi connectivity index (χ4n) is 7.18. The average Bonchev–Trinajstić information content (AvgIpc) is 3.84. The first-order chi connectivity index (χ1) is 34.1. The van der Waals surface area contributed by atoms with Crippen molar-refractivity contribution in [2.24, 2.45) is 0 Å². The molecule has 0 bridgehead atoms. The van der Waals surface area contributed by atoms with Crippen molar-refractivity contribution in [1.82, 2.24) is 29.5 Å². The highest BCUT2D eigenvalue weighted by Gasteiger charge is 2.29. The fraction of sp³-hybridized carbons (Fsp3) is 0.143. The Morgan fingerprint density at radius 1 is 0.606 bits per heavy atom. The number of nitrogens with zero attached hydrogens (tertiary/aromatic N) is 8. The molecule has 19 nitrogen and oxygen atoms in total. The normalized spacial score (nSPS) is 10.7. The van der Waals surface area contributed by atoms with Crippen molar-refractivity contribution in [1.29, 1.82) is 0 Å². The number of hydrogen-bond acceptors (Lipinski definition) is 15. The maximum Gasteiger partial charge on any atom is 0.334 e. The van der Waals surface area contributed by atoms with E-state index in [1.165, 1.54) is 34.9 Å². The minimum Gasteiger partial charge on any atom is -0.497 e. The second-order valence-electron chi connectivity index (χ2n) is 15.3. The number of ether oxygens (including phenoxy) is 3. The predicted molar refractivity (Wildman–Crippen MR) is 270 cm³/mol. The number of aromatic nitrogens is 6. The van der Waals surface area contributed by atoms with Gasteiger partial charge in [0, 0.05) is 29.6 Å². The zero-order chi connectivity index (χ0) is 50.9. The van der Waals surface area contributed by atoms with Crippen LogP contribution in [0.3, 0.4) is 0 Å². The standard InChI is InChI=1S/C25H22ClN5O5.C24H19BrClN5O4/c1-15-23(31(33)34)25(29-30(15)14-16-8-10-17(35-2)11-9-16)28-21-12-22(36-3)27-13-19(21)24(32)18-6-4-5-7-20(18)26;1-14-22(31(33)34)24(29-30(14)13-15-7-9-16(35-2)10-8-15)28-20-11-21(25)27-12-18(20)23(32)17-5-3-4-6-19(17)26/h4-13H,14H2,1-3H3,(H,27,28,29);3-12H,13H2,1-2H3,(H,27,28,29). The van der Waals surface area contributed by atoms with E-state index < -0.39 is 15.6 Å². The molecule has 0 saturated carbocycles. The molecule has 71 heavy (non-hydrogen) atoms. The number of carbonyl (C=O) groups is 2. The summed E-state index contributed by atoms with van der Waals surface area (Å²) in [6.45, 7) is 3.84. The molecule has 4 aromatic carbocycles. The van der Waals surface area contributed by atoms with Crippen molar-refractivity contribution in [3.63, 3.8) is 0 Å². The van der Waals surface area contributed by atoms with E-state index >= 15 is 0 Å². The van der Waals surface area contributed by atoms with Gasteiger partial charge in [-0.3, -0.25) is 39.2 Å². The third kappa shape index (κ3) is 11.6. The Morgan fingerprint density at radius 3 is 1.41 bits per heavy atom. The van der Waals surface area contributed by atoms with Gasteiger partial charge in [0.25, 0.3) is 0 Å². The van der Waals surface area contributed by atoms with Crippen LogP contribution in [0.5, 0.6) is 17.4 Å². The summed E-state index contributed by atoms with van der Waals surface area (Å²) in [4.78, 5) is 57.7. The van der Waals surface area contributed by atoms with Gasteiger partial charge in [0.2, 0.25) is 17.5 Å². The zero-order valence-electron chi connectivity index (χ0n) is 38.3. The van der Waals surface area contributed by atoms with E-state index in [0.29, 0.717) is 46.3 Å². The van der Waals surface area contributed by atoms with Gasteiger partial charge in [0.1, 0.15) is 27.5 Å². The number of methoxy groups -OCH3 is 3. The third-order valence-electron chi connectivity index (χ3n) is 10.9. The Hall–Kier alpha value is -8.20. The summed E-state index contributed by atoms with van der Waals surface area (Å²) in [5, 5.41) is 39.3. The molecule has 4 aromatic heterocycles. The van der Waals surface area contributed by atoms with Crippen LogP contribution in [0.4, 0.5) is 34.4 Å². The number of nitrogens with one attached hydrogen (secondary N) is 2. The lowest BCUT2D eigenvalue weighted by atomic mass is 10.0. The number of carbonyl (C=O) groups excluding carboxylic acids is 2. The molecule has 0 aliphatic carbocycles. The van der Waals surface area contributed by atoms with Gasteiger partial charge in [-0.25, -0.2) is 9.97 Å². The van der Waals surface area contributed by atoms with Crippen molar-refractivity contribution >= 4 is 85.1 Å². The van der Waals surface area contributed by atoms with Crippen LogP contribution in [0, 0.1) is 34.1 Å². The highest BCUT2D eigenvalue weighted by atomic mass is 79.9. The SMILES string of the molecule is COc1ccc(Cn2nc(Nc3cc(Br)ncc3C(=O)c3ccccc3Cl)c([N+](=O)[O-])c2C)cc1.COc1ccc(Cn2nc(Nc3cc(OC)ncc3C(=O)c3ccccc3Cl)c([N+](=O)[O-])c2C)cc1. The Balaban J connectivity index is 0.000000209. The number of pyridine rings is 2. The van der Waals surface area contributed by atoms with Gasteiger partial charge in [0.05, 0.1) is 76.8 Å². The number of benzene rings is 4. The second kappa shape index (κ2) is 22.5. The van der Waals surface area contributed by atoms with Crippen LogP contribution in [-0.4, -0.2) is 72.3 Å². The lowest BCUT2D eigenvalue weighted by Gasteiger charge is -2.11. The summed E-state index contributed by atoms with van der Waals surface area (Å²) >= 11 is 15.7. The van der Waals surface area contributed by atoms with E-state index in [4.69, 9.17) is 37.4 Å². The van der Waals surface area contributed by atoms with Crippen LogP contribution >= 0.6 is 39.1 Å². The largest absolute Gasteiger partial charge is 0.497 e. The van der Waals surface area contributed by atoms with E-state index in [1.54, 1.807) is 94.8 Å². The van der Waals surface area contributed by atoms with Gasteiger partial charge in [-0.1, -0.05) is 71.7 Å². The van der Waals surface area contributed by atoms with E-state index in [9.17, 15) is 29.8 Å². The molecule has 0 radical (unpaired) electrons. The highest BCUT2D eigenvalue weighted by molar-refractivity contribution is 9.10. The Morgan fingerprint density at radius 2 is 1.01 bits per heavy atom. The molecule has 4 heterocycles. The molecule has 8 rings (SSSR count). The number of nitro groups is 2. The Bertz CT molecular complexity index is 3290. The quantitative estimate of drug-likeness (QED) is 0.0373. The summed E-state index contributed by atoms with van der Waals surface area (Å²) in [5.41, 5.74) is 3.51. The number of hydrogen-bond donors (Lipinski definition) is 2. The maximum atomic E-state index is 13.3. The van der Waals surface area contributed by atoms with Crippen LogP contribution in [0.25, 0.3) is 0 Å². The molecule has 22 heteroatoms. The lowest BCUT2D eigenvalue weighted by molar-refractivity contribution is -0.384. The summed E-state index contributed by atoms with van der Waals surface area (Å²) in [6.07, 6.45) is 2.71. The summed E-state index contributed by atoms with van der Waals surface area (Å²) in [6, 6.07) is 30.9. The summed E-state index contributed by atoms with van der Waals surface area (Å²) < 4.78 is 19.1. The Kier molecular flexibility index (Phi) is 16.0. The van der Waals surface area contributed by atoms with Gasteiger partial charge in [0.15, 0.2) is 11.6 Å². The molecule has 0 unspecified atom stereocenters. The molecule has 0 amide bonds. The van der Waals surface area contributed by atoms with Crippen molar-refractivity contribution in [2.75, 3.05) is 32.0 Å². The minimum atomic E-state index is -0.511. The van der Waals surface area contributed by atoms with E-state index in [-0.39, 0.29) is 72.7 Å². The summed E-state index contributed by atoms with van der Waals surface area (Å²) in [5.74, 6) is 0.820. The van der Waals surface area contributed by atoms with Crippen LogP contribution < -0.4 is 24.8 Å². The van der Waals surface area contributed by atoms with Crippen LogP contribution in [0.1, 0.15) is 54.4 Å². The second-order valence-corrected chi connectivity index (χ2v) is 16.9. The minimum absolute atomic E-state index is 0.00678. The van der Waals surface area contributed by atoms with Crippen LogP contribution in [-0.2, 0) is 13.1 Å². The number of ketones is 2. The molecule has 0 atom stereocenters. The van der Waals surface area contributed by atoms with Gasteiger partial charge in [-0.05, 0) is 95.5 Å². The molecule has 0 saturated heterocycles. The predicted octanol–water partition coefficient (Wildman–Crippen LogP) is 11.1. The first-order valence-electron chi connectivity index (χ1n) is 21.1. The van der Waals surface area contributed by atoms with E-state index in [2.05, 4.69) is 46.7 Å². The lowest BCUT2D eigenvalue weighted by Crippen LogP contribution is -2.08. The average molecular weight is 1060 g/mol. The molecule has 8 aromatic rings. The van der Waals surface area contributed by atoms with Gasteiger partial charge in [-0.2, -0.15) is 0 Å². The first-order valence-corrected chi connectivity index (χ1v) is 22.7. The van der Waals surface area contributed by atoms with Crippen molar-refractivity contribution in [3.05, 3.63) is 201 Å². The Labute approximate surface area is 423 Å². The first kappa shape index (κ1) is 50.7. The van der Waals surface area contributed by atoms with Crippen LogP contribution in [0.15, 0.2) is 126 Å². The zero-order valence-corrected chi connectivity index (χ0v) is 41.4. The van der Waals surface area contributed by atoms with Gasteiger partial charge >= 0.3 is 11.4 Å². The van der Waals surface area contributed by atoms with Crippen molar-refractivity contribution < 1.29 is 33.6 Å². The highest BCUT2D eigenvalue weighted by Crippen LogP contribution is 2.36. The molecule has 0 aliphatic heterocycles. The molecular formula is C49H41BrCl2N10O9. The summed E-state index contributed by atoms with van der Waals surface area (Å²) in [7, 11) is 4.58. The molecule has 362 valence electrons. The molecular weight excluding hydrogens is 1020 g/mol. The molecule has 2 N–H and O–H groups in total. The fourth-order valence-corrected chi connectivity index (χ4v) is 7.95. The van der Waals surface area contributed by atoms with Crippen molar-refractivity contribution in [3.8, 4) is 17.4 Å². The smallest absolute Gasteiger partial charge is 0.334 e. The van der Waals surface area contributed by atoms with Crippen molar-refractivity contribution in [2.45, 2.75) is 26.9 Å². The van der Waals surface area contributed by atoms with E-state index in [0.717, 1.165) is 11.1 Å². The maximum absolute atomic E-state index is 13.3. The number of halogens is 3. The molecule has 0 fully saturated rings. The monoisotopic (exact) mass is 1060 g/mol.